The minimum Gasteiger partial charge on any atom is -0.377 e. The van der Waals surface area contributed by atoms with Crippen LogP contribution in [0.5, 0.6) is 0 Å². The van der Waals surface area contributed by atoms with Crippen molar-refractivity contribution in [2.45, 2.75) is 38.3 Å². The van der Waals surface area contributed by atoms with Crippen molar-refractivity contribution in [1.82, 2.24) is 15.1 Å². The molecule has 2 fully saturated rings. The van der Waals surface area contributed by atoms with Gasteiger partial charge in [-0.2, -0.15) is 0 Å². The Morgan fingerprint density at radius 3 is 2.63 bits per heavy atom. The monoisotopic (exact) mass is 269 g/mol. The highest BCUT2D eigenvalue weighted by atomic mass is 16.5. The Kier molecular flexibility index (Phi) is 4.81. The fourth-order valence-corrected chi connectivity index (χ4v) is 3.05. The Hall–Kier alpha value is -0.650. The number of piperazine rings is 1. The summed E-state index contributed by atoms with van der Waals surface area (Å²) in [5.41, 5.74) is -0.101. The van der Waals surface area contributed by atoms with Crippen molar-refractivity contribution in [2.75, 3.05) is 46.4 Å². The molecular weight excluding hydrogens is 242 g/mol. The van der Waals surface area contributed by atoms with Gasteiger partial charge in [0.05, 0.1) is 11.6 Å². The van der Waals surface area contributed by atoms with Crippen LogP contribution in [0.2, 0.25) is 0 Å². The molecule has 2 atom stereocenters. The van der Waals surface area contributed by atoms with Crippen molar-refractivity contribution in [3.05, 3.63) is 0 Å². The first-order valence-corrected chi connectivity index (χ1v) is 7.34. The van der Waals surface area contributed by atoms with E-state index in [0.717, 1.165) is 52.1 Å². The quantitative estimate of drug-likeness (QED) is 0.801. The highest BCUT2D eigenvalue weighted by Gasteiger charge is 2.36. The van der Waals surface area contributed by atoms with Crippen LogP contribution in [0.1, 0.15) is 26.7 Å². The van der Waals surface area contributed by atoms with E-state index in [-0.39, 0.29) is 17.6 Å². The number of hydrogen-bond donors (Lipinski definition) is 1. The predicted octanol–water partition coefficient (Wildman–Crippen LogP) is 0.308. The zero-order valence-corrected chi connectivity index (χ0v) is 12.4. The molecule has 0 spiro atoms. The molecule has 0 aliphatic carbocycles. The maximum Gasteiger partial charge on any atom is 0.239 e. The number of hydrogen-bond acceptors (Lipinski definition) is 4. The Morgan fingerprint density at radius 1 is 1.32 bits per heavy atom. The van der Waals surface area contributed by atoms with Gasteiger partial charge < -0.3 is 15.0 Å². The van der Waals surface area contributed by atoms with Crippen molar-refractivity contribution in [2.24, 2.45) is 0 Å². The highest BCUT2D eigenvalue weighted by molar-refractivity contribution is 5.81. The summed E-state index contributed by atoms with van der Waals surface area (Å²) in [4.78, 5) is 16.8. The van der Waals surface area contributed by atoms with E-state index in [1.54, 1.807) is 7.11 Å². The van der Waals surface area contributed by atoms with Gasteiger partial charge in [-0.05, 0) is 33.2 Å². The van der Waals surface area contributed by atoms with Gasteiger partial charge in [0.2, 0.25) is 5.91 Å². The summed E-state index contributed by atoms with van der Waals surface area (Å²) in [6.07, 6.45) is 2.18. The SMILES string of the molecule is COC1(C)CCCN(C(C)C(=O)N2CCNCC2)C1. The zero-order chi connectivity index (χ0) is 13.9. The number of carbonyl (C=O) groups is 1. The van der Waals surface area contributed by atoms with Gasteiger partial charge in [0.1, 0.15) is 0 Å². The first kappa shape index (κ1) is 14.8. The van der Waals surface area contributed by atoms with Gasteiger partial charge in [0.15, 0.2) is 0 Å². The number of amides is 1. The van der Waals surface area contributed by atoms with Crippen LogP contribution in [-0.4, -0.2) is 73.7 Å². The third-order valence-corrected chi connectivity index (χ3v) is 4.52. The molecule has 0 aromatic heterocycles. The molecule has 1 N–H and O–H groups in total. The fourth-order valence-electron chi connectivity index (χ4n) is 3.05. The van der Waals surface area contributed by atoms with E-state index in [2.05, 4.69) is 17.1 Å². The first-order valence-electron chi connectivity index (χ1n) is 7.34. The number of nitrogens with one attached hydrogen (secondary N) is 1. The Morgan fingerprint density at radius 2 is 2.00 bits per heavy atom. The molecule has 19 heavy (non-hydrogen) atoms. The predicted molar refractivity (Wildman–Crippen MR) is 75.1 cm³/mol. The molecule has 0 aromatic carbocycles. The van der Waals surface area contributed by atoms with Gasteiger partial charge in [-0.15, -0.1) is 0 Å². The normalized spacial score (nSPS) is 31.2. The Bertz CT molecular complexity index is 318. The summed E-state index contributed by atoms with van der Waals surface area (Å²) in [7, 11) is 1.77. The van der Waals surface area contributed by atoms with Crippen LogP contribution in [0.25, 0.3) is 0 Å². The van der Waals surface area contributed by atoms with Gasteiger partial charge in [0, 0.05) is 39.8 Å². The highest BCUT2D eigenvalue weighted by Crippen LogP contribution is 2.25. The minimum atomic E-state index is -0.101. The second kappa shape index (κ2) is 6.20. The van der Waals surface area contributed by atoms with Crippen molar-refractivity contribution in [1.29, 1.82) is 0 Å². The molecule has 5 nitrogen and oxygen atoms in total. The van der Waals surface area contributed by atoms with Gasteiger partial charge in [-0.1, -0.05) is 0 Å². The summed E-state index contributed by atoms with van der Waals surface area (Å²) < 4.78 is 5.61. The van der Waals surface area contributed by atoms with E-state index in [0.29, 0.717) is 0 Å². The van der Waals surface area contributed by atoms with E-state index in [9.17, 15) is 4.79 Å². The number of methoxy groups -OCH3 is 1. The summed E-state index contributed by atoms with van der Waals surface area (Å²) in [5.74, 6) is 0.266. The topological polar surface area (TPSA) is 44.8 Å². The standard InChI is InChI=1S/C14H27N3O2/c1-12(13(18)16-9-6-15-7-10-16)17-8-4-5-14(2,11-17)19-3/h12,15H,4-11H2,1-3H3. The average molecular weight is 269 g/mol. The zero-order valence-electron chi connectivity index (χ0n) is 12.4. The van der Waals surface area contributed by atoms with E-state index in [1.807, 2.05) is 11.8 Å². The molecule has 0 saturated carbocycles. The van der Waals surface area contributed by atoms with Crippen LogP contribution in [0.3, 0.4) is 0 Å². The van der Waals surface area contributed by atoms with Gasteiger partial charge in [0.25, 0.3) is 0 Å². The average Bonchev–Trinajstić information content (AvgIpc) is 2.46. The number of rotatable bonds is 3. The molecule has 0 radical (unpaired) electrons. The second-order valence-corrected chi connectivity index (χ2v) is 5.98. The van der Waals surface area contributed by atoms with Gasteiger partial charge in [-0.25, -0.2) is 0 Å². The van der Waals surface area contributed by atoms with Crippen molar-refractivity contribution in [3.63, 3.8) is 0 Å². The molecule has 0 bridgehead atoms. The Balaban J connectivity index is 1.94. The van der Waals surface area contributed by atoms with E-state index >= 15 is 0 Å². The number of likely N-dealkylation sites (tertiary alicyclic amines) is 1. The maximum atomic E-state index is 12.5. The van der Waals surface area contributed by atoms with Crippen LogP contribution in [0.4, 0.5) is 0 Å². The number of ether oxygens (including phenoxy) is 1. The van der Waals surface area contributed by atoms with Crippen molar-refractivity contribution < 1.29 is 9.53 Å². The lowest BCUT2D eigenvalue weighted by molar-refractivity contribution is -0.140. The lowest BCUT2D eigenvalue weighted by Crippen LogP contribution is -2.57. The lowest BCUT2D eigenvalue weighted by Gasteiger charge is -2.43. The van der Waals surface area contributed by atoms with Crippen LogP contribution in [0.15, 0.2) is 0 Å². The summed E-state index contributed by atoms with van der Waals surface area (Å²) in [5, 5.41) is 3.28. The second-order valence-electron chi connectivity index (χ2n) is 5.98. The molecule has 2 unspecified atom stereocenters. The molecule has 2 heterocycles. The molecule has 110 valence electrons. The molecular formula is C14H27N3O2. The molecule has 2 aliphatic heterocycles. The summed E-state index contributed by atoms with van der Waals surface area (Å²) in [6, 6.07) is -0.0344. The molecule has 2 saturated heterocycles. The molecule has 2 aliphatic rings. The van der Waals surface area contributed by atoms with E-state index < -0.39 is 0 Å². The van der Waals surface area contributed by atoms with Crippen LogP contribution in [0, 0.1) is 0 Å². The molecule has 0 aromatic rings. The third-order valence-electron chi connectivity index (χ3n) is 4.52. The molecule has 1 amide bonds. The Labute approximate surface area is 116 Å². The first-order chi connectivity index (χ1) is 9.06. The van der Waals surface area contributed by atoms with E-state index in [4.69, 9.17) is 4.74 Å². The third kappa shape index (κ3) is 3.46. The van der Waals surface area contributed by atoms with Crippen LogP contribution < -0.4 is 5.32 Å². The fraction of sp³-hybridized carbons (Fsp3) is 0.929. The molecule has 5 heteroatoms. The van der Waals surface area contributed by atoms with Crippen molar-refractivity contribution >= 4 is 5.91 Å². The summed E-state index contributed by atoms with van der Waals surface area (Å²) >= 11 is 0. The molecule has 2 rings (SSSR count). The van der Waals surface area contributed by atoms with Crippen LogP contribution >= 0.6 is 0 Å². The van der Waals surface area contributed by atoms with Crippen LogP contribution in [-0.2, 0) is 9.53 Å². The van der Waals surface area contributed by atoms with Crippen molar-refractivity contribution in [3.8, 4) is 0 Å². The number of carbonyl (C=O) groups excluding carboxylic acids is 1. The van der Waals surface area contributed by atoms with Gasteiger partial charge >= 0.3 is 0 Å². The smallest absolute Gasteiger partial charge is 0.239 e. The summed E-state index contributed by atoms with van der Waals surface area (Å²) in [6.45, 7) is 9.51. The number of nitrogens with zero attached hydrogens (tertiary/aromatic N) is 2. The largest absolute Gasteiger partial charge is 0.377 e. The van der Waals surface area contributed by atoms with E-state index in [1.165, 1.54) is 0 Å². The number of piperidine rings is 1. The maximum absolute atomic E-state index is 12.5. The van der Waals surface area contributed by atoms with Gasteiger partial charge in [-0.3, -0.25) is 9.69 Å². The minimum absolute atomic E-state index is 0.0344. The lowest BCUT2D eigenvalue weighted by atomic mass is 9.93.